The molecule has 0 aliphatic rings. The Balaban J connectivity index is 3.45. The van der Waals surface area contributed by atoms with E-state index in [1.54, 1.807) is 0 Å². The molecule has 80 valence electrons. The van der Waals surface area contributed by atoms with E-state index in [1.165, 1.54) is 0 Å². The largest absolute Gasteiger partial charge is 0.504 e. The van der Waals surface area contributed by atoms with E-state index < -0.39 is 34.6 Å². The third kappa shape index (κ3) is 1.91. The lowest BCUT2D eigenvalue weighted by Gasteiger charge is -2.05. The molecule has 1 aromatic rings. The first-order valence-corrected chi connectivity index (χ1v) is 4.33. The molecule has 7 heteroatoms. The lowest BCUT2D eigenvalue weighted by Crippen LogP contribution is -2.13. The fraction of sp³-hybridized carbons (Fsp3) is 0. The molecule has 0 aromatic heterocycles. The molecule has 0 aliphatic heterocycles. The van der Waals surface area contributed by atoms with Crippen molar-refractivity contribution in [2.45, 2.75) is 0 Å². The number of hydrogen-bond acceptors (Lipinski definition) is 4. The third-order valence-electron chi connectivity index (χ3n) is 1.61. The SMILES string of the molecule is O=C(O)C(=O)c1cc(Br)c(F)c(O)c1O. The second-order valence-corrected chi connectivity index (χ2v) is 3.41. The Morgan fingerprint density at radius 2 is 1.80 bits per heavy atom. The summed E-state index contributed by atoms with van der Waals surface area (Å²) in [6, 6.07) is 0.779. The van der Waals surface area contributed by atoms with Gasteiger partial charge in [0.2, 0.25) is 0 Å². The molecule has 0 atom stereocenters. The maximum atomic E-state index is 12.9. The van der Waals surface area contributed by atoms with Crippen LogP contribution in [0.2, 0.25) is 0 Å². The smallest absolute Gasteiger partial charge is 0.377 e. The fourth-order valence-electron chi connectivity index (χ4n) is 0.891. The molecule has 1 rings (SSSR count). The third-order valence-corrected chi connectivity index (χ3v) is 2.18. The second-order valence-electron chi connectivity index (χ2n) is 2.55. The molecule has 3 N–H and O–H groups in total. The van der Waals surface area contributed by atoms with Crippen molar-refractivity contribution in [3.8, 4) is 11.5 Å². The summed E-state index contributed by atoms with van der Waals surface area (Å²) in [5, 5.41) is 26.5. The van der Waals surface area contributed by atoms with Crippen LogP contribution in [0.15, 0.2) is 10.5 Å². The number of phenolic OH excluding ortho intramolecular Hbond substituents is 2. The summed E-state index contributed by atoms with van der Waals surface area (Å²) in [7, 11) is 0. The molecule has 15 heavy (non-hydrogen) atoms. The topological polar surface area (TPSA) is 94.8 Å². The number of hydrogen-bond donors (Lipinski definition) is 3. The summed E-state index contributed by atoms with van der Waals surface area (Å²) in [6.07, 6.45) is 0. The first-order chi connectivity index (χ1) is 6.86. The van der Waals surface area contributed by atoms with Crippen LogP contribution in [0.25, 0.3) is 0 Å². The van der Waals surface area contributed by atoms with E-state index in [1.807, 2.05) is 0 Å². The van der Waals surface area contributed by atoms with Crippen molar-refractivity contribution in [3.63, 3.8) is 0 Å². The highest BCUT2D eigenvalue weighted by Crippen LogP contribution is 2.36. The van der Waals surface area contributed by atoms with Gasteiger partial charge in [-0.25, -0.2) is 9.18 Å². The van der Waals surface area contributed by atoms with Gasteiger partial charge < -0.3 is 15.3 Å². The van der Waals surface area contributed by atoms with Gasteiger partial charge in [0.15, 0.2) is 17.3 Å². The van der Waals surface area contributed by atoms with Gasteiger partial charge in [0.05, 0.1) is 10.0 Å². The number of carboxylic acids is 1. The van der Waals surface area contributed by atoms with Crippen molar-refractivity contribution < 1.29 is 29.3 Å². The van der Waals surface area contributed by atoms with E-state index in [0.717, 1.165) is 6.07 Å². The van der Waals surface area contributed by atoms with Crippen LogP contribution >= 0.6 is 15.9 Å². The van der Waals surface area contributed by atoms with Gasteiger partial charge in [-0.15, -0.1) is 0 Å². The van der Waals surface area contributed by atoms with Crippen LogP contribution in [0.4, 0.5) is 4.39 Å². The molecule has 0 unspecified atom stereocenters. The van der Waals surface area contributed by atoms with Crippen LogP contribution in [-0.2, 0) is 4.79 Å². The van der Waals surface area contributed by atoms with E-state index >= 15 is 0 Å². The van der Waals surface area contributed by atoms with Gasteiger partial charge in [-0.05, 0) is 22.0 Å². The molecular formula is C8H4BrFO5. The number of ketones is 1. The van der Waals surface area contributed by atoms with Gasteiger partial charge in [-0.3, -0.25) is 4.79 Å². The van der Waals surface area contributed by atoms with Crippen LogP contribution in [0.3, 0.4) is 0 Å². The maximum Gasteiger partial charge on any atom is 0.377 e. The minimum atomic E-state index is -1.82. The van der Waals surface area contributed by atoms with Gasteiger partial charge in [0.1, 0.15) is 0 Å². The van der Waals surface area contributed by atoms with E-state index in [2.05, 4.69) is 15.9 Å². The standard InChI is InChI=1S/C8H4BrFO5/c9-3-1-2(6(12)8(14)15)5(11)7(13)4(3)10/h1,11,13H,(H,14,15). The van der Waals surface area contributed by atoms with Crippen molar-refractivity contribution in [3.05, 3.63) is 21.9 Å². The molecule has 0 radical (unpaired) electrons. The lowest BCUT2D eigenvalue weighted by atomic mass is 10.1. The zero-order valence-electron chi connectivity index (χ0n) is 6.99. The minimum absolute atomic E-state index is 0.317. The molecular weight excluding hydrogens is 275 g/mol. The van der Waals surface area contributed by atoms with Crippen molar-refractivity contribution in [1.82, 2.24) is 0 Å². The summed E-state index contributed by atoms with van der Waals surface area (Å²) in [6.45, 7) is 0. The summed E-state index contributed by atoms with van der Waals surface area (Å²) in [5.41, 5.74) is -0.687. The quantitative estimate of drug-likeness (QED) is 0.430. The second kappa shape index (κ2) is 3.85. The zero-order chi connectivity index (χ0) is 11.7. The Bertz CT molecular complexity index is 457. The van der Waals surface area contributed by atoms with Crippen molar-refractivity contribution in [2.24, 2.45) is 0 Å². The molecule has 1 aromatic carbocycles. The van der Waals surface area contributed by atoms with Gasteiger partial charge in [0, 0.05) is 0 Å². The molecule has 0 heterocycles. The summed E-state index contributed by atoms with van der Waals surface area (Å²) in [5.74, 6) is -6.70. The van der Waals surface area contributed by atoms with Gasteiger partial charge in [-0.1, -0.05) is 0 Å². The molecule has 0 saturated heterocycles. The number of phenols is 2. The summed E-state index contributed by atoms with van der Waals surface area (Å²) >= 11 is 2.66. The Labute approximate surface area is 90.9 Å². The summed E-state index contributed by atoms with van der Waals surface area (Å²) in [4.78, 5) is 21.3. The highest BCUT2D eigenvalue weighted by atomic mass is 79.9. The predicted octanol–water partition coefficient (Wildman–Crippen LogP) is 1.27. The molecule has 5 nitrogen and oxygen atoms in total. The molecule has 0 bridgehead atoms. The predicted molar refractivity (Wildman–Crippen MR) is 49.4 cm³/mol. The van der Waals surface area contributed by atoms with Crippen molar-refractivity contribution >= 4 is 27.7 Å². The number of halogens is 2. The van der Waals surface area contributed by atoms with E-state index in [-0.39, 0.29) is 4.47 Å². The number of carboxylic acid groups (broad SMARTS) is 1. The molecule has 0 aliphatic carbocycles. The van der Waals surface area contributed by atoms with Gasteiger partial charge in [-0.2, -0.15) is 0 Å². The monoisotopic (exact) mass is 278 g/mol. The Morgan fingerprint density at radius 1 is 1.27 bits per heavy atom. The number of Topliss-reactive ketones (excluding diaryl/α,β-unsaturated/α-hetero) is 1. The number of benzene rings is 1. The molecule has 0 fully saturated rings. The number of aliphatic carboxylic acids is 1. The lowest BCUT2D eigenvalue weighted by molar-refractivity contribution is -0.131. The number of aromatic hydroxyl groups is 2. The number of carbonyl (C=O) groups excluding carboxylic acids is 1. The van der Waals surface area contributed by atoms with Crippen LogP contribution in [0, 0.1) is 5.82 Å². The van der Waals surface area contributed by atoms with Crippen LogP contribution < -0.4 is 0 Å². The fourth-order valence-corrected chi connectivity index (χ4v) is 1.31. The average molecular weight is 279 g/mol. The Kier molecular flexibility index (Phi) is 2.94. The van der Waals surface area contributed by atoms with E-state index in [4.69, 9.17) is 15.3 Å². The number of carbonyl (C=O) groups is 2. The highest BCUT2D eigenvalue weighted by Gasteiger charge is 2.24. The van der Waals surface area contributed by atoms with E-state index in [9.17, 15) is 14.0 Å². The first kappa shape index (κ1) is 11.4. The van der Waals surface area contributed by atoms with Crippen molar-refractivity contribution in [2.75, 3.05) is 0 Å². The molecule has 0 saturated carbocycles. The molecule has 0 amide bonds. The average Bonchev–Trinajstić information content (AvgIpc) is 2.19. The molecule has 0 spiro atoms. The van der Waals surface area contributed by atoms with Crippen LogP contribution in [0.5, 0.6) is 11.5 Å². The Morgan fingerprint density at radius 3 is 2.27 bits per heavy atom. The normalized spacial score (nSPS) is 10.0. The summed E-state index contributed by atoms with van der Waals surface area (Å²) < 4.78 is 12.6. The minimum Gasteiger partial charge on any atom is -0.504 e. The van der Waals surface area contributed by atoms with Crippen LogP contribution in [0.1, 0.15) is 10.4 Å². The first-order valence-electron chi connectivity index (χ1n) is 3.53. The van der Waals surface area contributed by atoms with Gasteiger partial charge >= 0.3 is 5.97 Å². The maximum absolute atomic E-state index is 12.9. The highest BCUT2D eigenvalue weighted by molar-refractivity contribution is 9.10. The van der Waals surface area contributed by atoms with Crippen molar-refractivity contribution in [1.29, 1.82) is 0 Å². The van der Waals surface area contributed by atoms with Gasteiger partial charge in [0.25, 0.3) is 5.78 Å². The zero-order valence-corrected chi connectivity index (χ0v) is 8.58. The van der Waals surface area contributed by atoms with E-state index in [0.29, 0.717) is 0 Å². The Hall–Kier alpha value is -1.63. The number of rotatable bonds is 2. The van der Waals surface area contributed by atoms with Crippen LogP contribution in [-0.4, -0.2) is 27.1 Å².